The minimum atomic E-state index is -0.325. The molecule has 1 aromatic rings. The highest BCUT2D eigenvalue weighted by Crippen LogP contribution is 2.29. The zero-order chi connectivity index (χ0) is 11.4. The molecule has 0 bridgehead atoms. The van der Waals surface area contributed by atoms with E-state index in [1.165, 1.54) is 6.07 Å². The summed E-state index contributed by atoms with van der Waals surface area (Å²) in [4.78, 5) is 12.3. The van der Waals surface area contributed by atoms with Crippen LogP contribution < -0.4 is 10.2 Å². The molecule has 1 aromatic carbocycles. The van der Waals surface area contributed by atoms with Crippen molar-refractivity contribution in [1.29, 1.82) is 0 Å². The first-order valence-corrected chi connectivity index (χ1v) is 5.14. The number of anilines is 2. The average molecular weight is 224 g/mol. The van der Waals surface area contributed by atoms with Gasteiger partial charge in [-0.2, -0.15) is 0 Å². The summed E-state index contributed by atoms with van der Waals surface area (Å²) in [5, 5.41) is 2.51. The van der Waals surface area contributed by atoms with E-state index in [1.807, 2.05) is 4.90 Å². The standard InChI is InChI=1S/C11H13FN2O2/c12-9-2-1-3-10(13-8-15)11(9)14-4-6-16-7-5-14/h1-3,8H,4-7H2,(H,13,15). The van der Waals surface area contributed by atoms with Gasteiger partial charge in [-0.15, -0.1) is 0 Å². The van der Waals surface area contributed by atoms with E-state index in [0.29, 0.717) is 44.1 Å². The van der Waals surface area contributed by atoms with E-state index < -0.39 is 0 Å². The Labute approximate surface area is 93.0 Å². The molecule has 4 nitrogen and oxygen atoms in total. The number of amides is 1. The van der Waals surface area contributed by atoms with Gasteiger partial charge in [0.25, 0.3) is 0 Å². The molecule has 1 saturated heterocycles. The minimum Gasteiger partial charge on any atom is -0.378 e. The highest BCUT2D eigenvalue weighted by molar-refractivity contribution is 5.81. The third kappa shape index (κ3) is 2.14. The van der Waals surface area contributed by atoms with Gasteiger partial charge in [-0.3, -0.25) is 4.79 Å². The van der Waals surface area contributed by atoms with Crippen molar-refractivity contribution in [2.24, 2.45) is 0 Å². The summed E-state index contributed by atoms with van der Waals surface area (Å²) in [7, 11) is 0. The molecule has 1 N–H and O–H groups in total. The number of hydrogen-bond donors (Lipinski definition) is 1. The quantitative estimate of drug-likeness (QED) is 0.785. The lowest BCUT2D eigenvalue weighted by molar-refractivity contribution is -0.105. The Kier molecular flexibility index (Phi) is 3.36. The molecule has 0 aliphatic carbocycles. The van der Waals surface area contributed by atoms with E-state index in [9.17, 15) is 9.18 Å². The van der Waals surface area contributed by atoms with Gasteiger partial charge in [0.05, 0.1) is 24.6 Å². The summed E-state index contributed by atoms with van der Waals surface area (Å²) in [6.07, 6.45) is 0.554. The maximum Gasteiger partial charge on any atom is 0.211 e. The van der Waals surface area contributed by atoms with Crippen LogP contribution in [0.15, 0.2) is 18.2 Å². The fourth-order valence-corrected chi connectivity index (χ4v) is 1.80. The monoisotopic (exact) mass is 224 g/mol. The highest BCUT2D eigenvalue weighted by atomic mass is 19.1. The first kappa shape index (κ1) is 10.9. The zero-order valence-electron chi connectivity index (χ0n) is 8.78. The molecule has 0 saturated carbocycles. The van der Waals surface area contributed by atoms with Gasteiger partial charge in [0, 0.05) is 13.1 Å². The van der Waals surface area contributed by atoms with Crippen LogP contribution in [-0.2, 0) is 9.53 Å². The summed E-state index contributed by atoms with van der Waals surface area (Å²) in [5.74, 6) is -0.325. The Bertz CT molecular complexity index is 378. The van der Waals surface area contributed by atoms with Crippen LogP contribution >= 0.6 is 0 Å². The van der Waals surface area contributed by atoms with Crippen LogP contribution in [0.25, 0.3) is 0 Å². The van der Waals surface area contributed by atoms with Gasteiger partial charge >= 0.3 is 0 Å². The van der Waals surface area contributed by atoms with Gasteiger partial charge in [-0.05, 0) is 12.1 Å². The number of carbonyl (C=O) groups is 1. The smallest absolute Gasteiger partial charge is 0.211 e. The molecule has 1 aliphatic heterocycles. The largest absolute Gasteiger partial charge is 0.378 e. The van der Waals surface area contributed by atoms with Crippen LogP contribution in [0, 0.1) is 5.82 Å². The first-order chi connectivity index (χ1) is 7.83. The van der Waals surface area contributed by atoms with Crippen LogP contribution in [0.1, 0.15) is 0 Å². The number of nitrogens with zero attached hydrogens (tertiary/aromatic N) is 1. The van der Waals surface area contributed by atoms with Crippen molar-refractivity contribution in [1.82, 2.24) is 0 Å². The highest BCUT2D eigenvalue weighted by Gasteiger charge is 2.18. The molecule has 86 valence electrons. The predicted octanol–water partition coefficient (Wildman–Crippen LogP) is 1.23. The molecule has 1 heterocycles. The molecule has 16 heavy (non-hydrogen) atoms. The lowest BCUT2D eigenvalue weighted by Crippen LogP contribution is -2.37. The molecule has 1 fully saturated rings. The Balaban J connectivity index is 2.31. The predicted molar refractivity (Wildman–Crippen MR) is 59.1 cm³/mol. The van der Waals surface area contributed by atoms with Gasteiger partial charge in [0.15, 0.2) is 0 Å². The maximum absolute atomic E-state index is 13.7. The van der Waals surface area contributed by atoms with Gasteiger partial charge in [-0.25, -0.2) is 4.39 Å². The Morgan fingerprint density at radius 3 is 2.81 bits per heavy atom. The number of carbonyl (C=O) groups excluding carboxylic acids is 1. The molecule has 1 aliphatic rings. The number of rotatable bonds is 3. The number of hydrogen-bond acceptors (Lipinski definition) is 3. The number of morpholine rings is 1. The van der Waals surface area contributed by atoms with Gasteiger partial charge in [-0.1, -0.05) is 6.07 Å². The van der Waals surface area contributed by atoms with Crippen molar-refractivity contribution in [2.45, 2.75) is 0 Å². The lowest BCUT2D eigenvalue weighted by Gasteiger charge is -2.30. The van der Waals surface area contributed by atoms with Crippen molar-refractivity contribution in [3.05, 3.63) is 24.0 Å². The van der Waals surface area contributed by atoms with Crippen LogP contribution in [0.2, 0.25) is 0 Å². The van der Waals surface area contributed by atoms with Crippen molar-refractivity contribution >= 4 is 17.8 Å². The molecule has 2 rings (SSSR count). The summed E-state index contributed by atoms with van der Waals surface area (Å²) in [6.45, 7) is 2.42. The number of halogens is 1. The molecule has 0 unspecified atom stereocenters. The third-order valence-electron chi connectivity index (χ3n) is 2.53. The second-order valence-corrected chi connectivity index (χ2v) is 3.50. The summed E-state index contributed by atoms with van der Waals surface area (Å²) < 4.78 is 18.9. The molecular formula is C11H13FN2O2. The summed E-state index contributed by atoms with van der Waals surface area (Å²) in [6, 6.07) is 4.65. The third-order valence-corrected chi connectivity index (χ3v) is 2.53. The van der Waals surface area contributed by atoms with Gasteiger partial charge in [0.1, 0.15) is 5.82 Å². The lowest BCUT2D eigenvalue weighted by atomic mass is 10.2. The zero-order valence-corrected chi connectivity index (χ0v) is 8.78. The summed E-state index contributed by atoms with van der Waals surface area (Å²) >= 11 is 0. The summed E-state index contributed by atoms with van der Waals surface area (Å²) in [5.41, 5.74) is 0.940. The second kappa shape index (κ2) is 4.94. The molecular weight excluding hydrogens is 211 g/mol. The van der Waals surface area contributed by atoms with Crippen LogP contribution in [0.5, 0.6) is 0 Å². The fourth-order valence-electron chi connectivity index (χ4n) is 1.80. The van der Waals surface area contributed by atoms with Crippen molar-refractivity contribution in [2.75, 3.05) is 36.5 Å². The van der Waals surface area contributed by atoms with E-state index in [1.54, 1.807) is 12.1 Å². The van der Waals surface area contributed by atoms with E-state index >= 15 is 0 Å². The molecule has 0 aromatic heterocycles. The molecule has 5 heteroatoms. The first-order valence-electron chi connectivity index (χ1n) is 5.14. The molecule has 0 spiro atoms. The normalized spacial score (nSPS) is 15.9. The Morgan fingerprint density at radius 2 is 2.12 bits per heavy atom. The number of para-hydroxylation sites is 1. The van der Waals surface area contributed by atoms with E-state index in [-0.39, 0.29) is 5.82 Å². The second-order valence-electron chi connectivity index (χ2n) is 3.50. The maximum atomic E-state index is 13.7. The van der Waals surface area contributed by atoms with Gasteiger partial charge in [0.2, 0.25) is 6.41 Å². The minimum absolute atomic E-state index is 0.325. The number of benzene rings is 1. The van der Waals surface area contributed by atoms with Crippen molar-refractivity contribution in [3.63, 3.8) is 0 Å². The van der Waals surface area contributed by atoms with E-state index in [2.05, 4.69) is 5.32 Å². The topological polar surface area (TPSA) is 41.6 Å². The average Bonchev–Trinajstić information content (AvgIpc) is 2.31. The van der Waals surface area contributed by atoms with Gasteiger partial charge < -0.3 is 15.0 Å². The van der Waals surface area contributed by atoms with E-state index in [4.69, 9.17) is 4.74 Å². The Hall–Kier alpha value is -1.62. The molecule has 0 radical (unpaired) electrons. The number of ether oxygens (including phenoxy) is 1. The molecule has 0 atom stereocenters. The molecule has 1 amide bonds. The fraction of sp³-hybridized carbons (Fsp3) is 0.364. The SMILES string of the molecule is O=CNc1cccc(F)c1N1CCOCC1. The number of nitrogens with one attached hydrogen (secondary N) is 1. The van der Waals surface area contributed by atoms with Crippen LogP contribution in [0.4, 0.5) is 15.8 Å². The van der Waals surface area contributed by atoms with Crippen LogP contribution in [0.3, 0.4) is 0 Å². The van der Waals surface area contributed by atoms with Crippen molar-refractivity contribution in [3.8, 4) is 0 Å². The Morgan fingerprint density at radius 1 is 1.38 bits per heavy atom. The van der Waals surface area contributed by atoms with E-state index in [0.717, 1.165) is 0 Å². The van der Waals surface area contributed by atoms with Crippen molar-refractivity contribution < 1.29 is 13.9 Å². The van der Waals surface area contributed by atoms with Crippen LogP contribution in [-0.4, -0.2) is 32.7 Å².